The molecule has 10 heteroatoms. The van der Waals surface area contributed by atoms with Gasteiger partial charge in [-0.05, 0) is 12.1 Å². The van der Waals surface area contributed by atoms with Crippen LogP contribution in [0.2, 0.25) is 0 Å². The Morgan fingerprint density at radius 2 is 1.89 bits per heavy atom. The van der Waals surface area contributed by atoms with Crippen molar-refractivity contribution in [2.45, 2.75) is 10.4 Å². The Labute approximate surface area is 99.0 Å². The first-order valence-electron chi connectivity index (χ1n) is 4.25. The zero-order chi connectivity index (χ0) is 14.1. The van der Waals surface area contributed by atoms with Crippen LogP contribution in [0.15, 0.2) is 23.1 Å². The summed E-state index contributed by atoms with van der Waals surface area (Å²) < 4.78 is 63.7. The third-order valence-corrected chi connectivity index (χ3v) is 3.49. The fourth-order valence-electron chi connectivity index (χ4n) is 1.12. The van der Waals surface area contributed by atoms with Crippen molar-refractivity contribution < 1.29 is 31.2 Å². The van der Waals surface area contributed by atoms with E-state index in [1.165, 1.54) is 0 Å². The highest BCUT2D eigenvalue weighted by molar-refractivity contribution is 7.92. The molecule has 0 aliphatic heterocycles. The van der Waals surface area contributed by atoms with E-state index in [0.717, 1.165) is 13.2 Å². The Bertz CT molecular complexity index is 581. The molecule has 0 saturated heterocycles. The highest BCUT2D eigenvalue weighted by Crippen LogP contribution is 2.36. The molecule has 6 nitrogen and oxygen atoms in total. The summed E-state index contributed by atoms with van der Waals surface area (Å²) in [4.78, 5) is 7.94. The Morgan fingerprint density at radius 1 is 1.33 bits per heavy atom. The summed E-state index contributed by atoms with van der Waals surface area (Å²) >= 11 is 0. The van der Waals surface area contributed by atoms with Crippen LogP contribution < -0.4 is 4.74 Å². The molecule has 0 spiro atoms. The second kappa shape index (κ2) is 4.44. The Balaban J connectivity index is 3.57. The summed E-state index contributed by atoms with van der Waals surface area (Å²) in [6.07, 6.45) is 0. The number of sulfone groups is 1. The van der Waals surface area contributed by atoms with Gasteiger partial charge in [0.05, 0.1) is 18.1 Å². The number of nitrogens with zero attached hydrogens (tertiary/aromatic N) is 1. The van der Waals surface area contributed by atoms with Crippen molar-refractivity contribution in [1.82, 2.24) is 0 Å². The van der Waals surface area contributed by atoms with Gasteiger partial charge in [-0.15, -0.1) is 0 Å². The third-order valence-electron chi connectivity index (χ3n) is 1.96. The van der Waals surface area contributed by atoms with Gasteiger partial charge in [-0.1, -0.05) is 0 Å². The number of ether oxygens (including phenoxy) is 1. The maximum atomic E-state index is 12.3. The van der Waals surface area contributed by atoms with Crippen LogP contribution in [0.5, 0.6) is 5.75 Å². The lowest BCUT2D eigenvalue weighted by Gasteiger charge is -2.09. The second-order valence-corrected chi connectivity index (χ2v) is 4.95. The Morgan fingerprint density at radius 3 is 2.28 bits per heavy atom. The minimum atomic E-state index is -5.77. The topological polar surface area (TPSA) is 86.5 Å². The largest absolute Gasteiger partial charge is 0.502 e. The van der Waals surface area contributed by atoms with Gasteiger partial charge in [0.2, 0.25) is 0 Å². The van der Waals surface area contributed by atoms with Crippen molar-refractivity contribution in [2.75, 3.05) is 7.11 Å². The molecule has 0 aliphatic rings. The lowest BCUT2D eigenvalue weighted by atomic mass is 10.3. The molecule has 18 heavy (non-hydrogen) atoms. The molecule has 0 fully saturated rings. The lowest BCUT2D eigenvalue weighted by molar-refractivity contribution is -0.388. The Hall–Kier alpha value is -1.84. The average molecular weight is 285 g/mol. The minimum absolute atomic E-state index is 0.122. The van der Waals surface area contributed by atoms with E-state index in [1.807, 2.05) is 0 Å². The first kappa shape index (κ1) is 14.2. The van der Waals surface area contributed by atoms with Crippen molar-refractivity contribution in [3.63, 3.8) is 0 Å². The quantitative estimate of drug-likeness (QED) is 0.625. The van der Waals surface area contributed by atoms with Gasteiger partial charge in [0.25, 0.3) is 15.5 Å². The van der Waals surface area contributed by atoms with Crippen LogP contribution in [0.1, 0.15) is 0 Å². The maximum Gasteiger partial charge on any atom is 0.502 e. The SMILES string of the molecule is COc1ccc(S(=O)(=O)C(F)(F)F)c([N+](=O)[O-])c1. The number of rotatable bonds is 3. The molecule has 0 saturated carbocycles. The van der Waals surface area contributed by atoms with Crippen molar-refractivity contribution in [3.05, 3.63) is 28.3 Å². The summed E-state index contributed by atoms with van der Waals surface area (Å²) in [6.45, 7) is 0. The molecule has 0 atom stereocenters. The molecule has 0 unspecified atom stereocenters. The number of benzene rings is 1. The molecule has 0 bridgehead atoms. The Kier molecular flexibility index (Phi) is 3.51. The van der Waals surface area contributed by atoms with E-state index in [2.05, 4.69) is 4.74 Å². The summed E-state index contributed by atoms with van der Waals surface area (Å²) in [5, 5.41) is 10.6. The van der Waals surface area contributed by atoms with Crippen molar-refractivity contribution >= 4 is 15.5 Å². The number of halogens is 3. The van der Waals surface area contributed by atoms with Gasteiger partial charge < -0.3 is 4.74 Å². The number of hydrogen-bond donors (Lipinski definition) is 0. The number of alkyl halides is 3. The second-order valence-electron chi connectivity index (χ2n) is 3.04. The predicted octanol–water partition coefficient (Wildman–Crippen LogP) is 1.90. The third kappa shape index (κ3) is 2.37. The normalized spacial score (nSPS) is 12.2. The monoisotopic (exact) mass is 285 g/mol. The van der Waals surface area contributed by atoms with Crippen molar-refractivity contribution in [3.8, 4) is 5.75 Å². The fraction of sp³-hybridized carbons (Fsp3) is 0.250. The average Bonchev–Trinajstić information content (AvgIpc) is 2.26. The van der Waals surface area contributed by atoms with E-state index in [4.69, 9.17) is 0 Å². The number of hydrogen-bond acceptors (Lipinski definition) is 5. The molecule has 1 rings (SSSR count). The number of methoxy groups -OCH3 is 1. The molecule has 0 radical (unpaired) electrons. The fourth-order valence-corrected chi connectivity index (χ4v) is 2.02. The van der Waals surface area contributed by atoms with Gasteiger partial charge in [-0.3, -0.25) is 10.1 Å². The summed E-state index contributed by atoms with van der Waals surface area (Å²) in [7, 11) is -4.64. The van der Waals surface area contributed by atoms with Crippen molar-refractivity contribution in [1.29, 1.82) is 0 Å². The maximum absolute atomic E-state index is 12.3. The minimum Gasteiger partial charge on any atom is -0.497 e. The van der Waals surface area contributed by atoms with E-state index in [9.17, 15) is 31.7 Å². The molecule has 0 aromatic heterocycles. The molecular weight excluding hydrogens is 279 g/mol. The van der Waals surface area contributed by atoms with Crippen LogP contribution in [0.3, 0.4) is 0 Å². The van der Waals surface area contributed by atoms with Gasteiger partial charge in [0, 0.05) is 0 Å². The van der Waals surface area contributed by atoms with Crippen LogP contribution in [-0.4, -0.2) is 26.0 Å². The van der Waals surface area contributed by atoms with Crippen LogP contribution >= 0.6 is 0 Å². The molecule has 100 valence electrons. The van der Waals surface area contributed by atoms with Gasteiger partial charge in [0.1, 0.15) is 5.75 Å². The van der Waals surface area contributed by atoms with E-state index in [-0.39, 0.29) is 5.75 Å². The first-order valence-corrected chi connectivity index (χ1v) is 5.73. The molecule has 1 aromatic rings. The molecular formula is C8H6F3NO5S. The molecule has 1 aromatic carbocycles. The summed E-state index contributed by atoms with van der Waals surface area (Å²) in [6, 6.07) is 1.99. The zero-order valence-electron chi connectivity index (χ0n) is 8.76. The van der Waals surface area contributed by atoms with Gasteiger partial charge >= 0.3 is 5.51 Å². The number of nitro benzene ring substituents is 1. The first-order chi connectivity index (χ1) is 8.11. The van der Waals surface area contributed by atoms with E-state index >= 15 is 0 Å². The predicted molar refractivity (Wildman–Crippen MR) is 52.9 cm³/mol. The highest BCUT2D eigenvalue weighted by Gasteiger charge is 2.49. The molecule has 0 N–H and O–H groups in total. The zero-order valence-corrected chi connectivity index (χ0v) is 9.58. The highest BCUT2D eigenvalue weighted by atomic mass is 32.2. The van der Waals surface area contributed by atoms with Crippen molar-refractivity contribution in [2.24, 2.45) is 0 Å². The van der Waals surface area contributed by atoms with Gasteiger partial charge in [0.15, 0.2) is 4.90 Å². The lowest BCUT2D eigenvalue weighted by Crippen LogP contribution is -2.24. The van der Waals surface area contributed by atoms with E-state index in [0.29, 0.717) is 12.1 Å². The smallest absolute Gasteiger partial charge is 0.497 e. The van der Waals surface area contributed by atoms with E-state index in [1.54, 1.807) is 0 Å². The van der Waals surface area contributed by atoms with E-state index < -0.39 is 30.9 Å². The van der Waals surface area contributed by atoms with Crippen LogP contribution in [0, 0.1) is 10.1 Å². The number of nitro groups is 1. The van der Waals surface area contributed by atoms with Crippen LogP contribution in [-0.2, 0) is 9.84 Å². The van der Waals surface area contributed by atoms with Crippen LogP contribution in [0.4, 0.5) is 18.9 Å². The van der Waals surface area contributed by atoms with Gasteiger partial charge in [-0.2, -0.15) is 13.2 Å². The summed E-state index contributed by atoms with van der Waals surface area (Å²) in [5.41, 5.74) is -6.79. The molecule has 0 amide bonds. The van der Waals surface area contributed by atoms with Gasteiger partial charge in [-0.25, -0.2) is 8.42 Å². The standard InChI is InChI=1S/C8H6F3NO5S/c1-17-5-2-3-7(6(4-5)12(13)14)18(15,16)8(9,10)11/h2-4H,1H3. The summed E-state index contributed by atoms with van der Waals surface area (Å²) in [5.74, 6) is -0.122. The van der Waals surface area contributed by atoms with Crippen LogP contribution in [0.25, 0.3) is 0 Å². The molecule has 0 heterocycles. The molecule has 0 aliphatic carbocycles.